The highest BCUT2D eigenvalue weighted by molar-refractivity contribution is 7.92. The lowest BCUT2D eigenvalue weighted by atomic mass is 9.86. The van der Waals surface area contributed by atoms with E-state index in [9.17, 15) is 15.0 Å². The second-order valence-electron chi connectivity index (χ2n) is 25.4. The van der Waals surface area contributed by atoms with E-state index in [0.29, 0.717) is 40.4 Å². The molecule has 14 heteroatoms. The van der Waals surface area contributed by atoms with Gasteiger partial charge in [-0.2, -0.15) is 0 Å². The molecule has 70 heavy (non-hydrogen) atoms. The molecule has 0 spiro atoms. The van der Waals surface area contributed by atoms with Gasteiger partial charge in [0.2, 0.25) is 15.2 Å². The number of hydrogen-bond donors (Lipinski definition) is 2. The molecule has 8 nitrogen and oxygen atoms in total. The number of aliphatic hydroxyl groups is 2. The minimum absolute atomic E-state index is 0.0223. The van der Waals surface area contributed by atoms with Gasteiger partial charge >= 0.3 is 12.3 Å². The quantitative estimate of drug-likeness (QED) is 0.0683. The van der Waals surface area contributed by atoms with Crippen LogP contribution < -0.4 is 0 Å². The largest absolute Gasteiger partial charge is 0.462 e. The molecule has 2 aromatic carbocycles. The van der Waals surface area contributed by atoms with Crippen molar-refractivity contribution in [1.82, 2.24) is 0 Å². The van der Waals surface area contributed by atoms with E-state index in [1.54, 1.807) is 0 Å². The Balaban J connectivity index is 0.000000260. The molecule has 2 aromatic rings. The lowest BCUT2D eigenvalue weighted by Crippen LogP contribution is -2.44. The van der Waals surface area contributed by atoms with Crippen LogP contribution in [0.25, 0.3) is 0 Å². The van der Waals surface area contributed by atoms with Gasteiger partial charge in [-0.1, -0.05) is 152 Å². The number of rotatable bonds is 22. The first kappa shape index (κ1) is 62.1. The molecule has 4 aliphatic rings. The van der Waals surface area contributed by atoms with Crippen LogP contribution in [-0.2, 0) is 40.6 Å². The van der Waals surface area contributed by atoms with Crippen molar-refractivity contribution in [3.8, 4) is 0 Å². The summed E-state index contributed by atoms with van der Waals surface area (Å²) >= 11 is 0.316. The zero-order chi connectivity index (χ0) is 52.0. The Hall–Kier alpha value is -0.439. The lowest BCUT2D eigenvalue weighted by Gasteiger charge is -2.40. The Kier molecular flexibility index (Phi) is 25.4. The van der Waals surface area contributed by atoms with E-state index in [4.69, 9.17) is 23.0 Å². The standard InChI is InChI=1S/C24H41BO4P2Si.C24H40O4Si.2C4H9.Al.H/c1-24(2,3)32(4,5)29-18(12-11-17-9-7-6-8-10-17)13-14-19-20-15-23(26)27-21(20)16-22(19)28-25(30)31;1-24(2,3)29(4,5)28-18(12-11-17-9-7-6-8-10-17)13-14-19-20-15-23(26)27-22(20)16-21(19)25;2*1-4(2)3;;/h6-10,18-22H,11-16,30-31H2,1-5H3;6-10,18-23,25-26H,11-16H2,1-5H3;2*4H,1H2,2-3H3;;/t18-,19+,20+,21-,22+;18-,19+,20+,21+,22-,23?;;;;/m00..../s1. The number of ether oxygens (including phenoxy) is 2. The minimum atomic E-state index is -1.88. The Morgan fingerprint density at radius 1 is 0.686 bits per heavy atom. The van der Waals surface area contributed by atoms with Crippen LogP contribution >= 0.6 is 18.2 Å². The minimum Gasteiger partial charge on any atom is -0.462 e. The second kappa shape index (κ2) is 28.6. The Bertz CT molecular complexity index is 1790. The van der Waals surface area contributed by atoms with Crippen LogP contribution in [-0.4, -0.2) is 97.3 Å². The van der Waals surface area contributed by atoms with Crippen molar-refractivity contribution in [3.63, 3.8) is 0 Å². The van der Waals surface area contributed by atoms with Crippen LogP contribution in [0.1, 0.15) is 145 Å². The summed E-state index contributed by atoms with van der Waals surface area (Å²) in [7, 11) is 1.66. The number of aliphatic hydroxyl groups excluding tert-OH is 2. The molecule has 396 valence electrons. The third kappa shape index (κ3) is 20.3. The predicted octanol–water partition coefficient (Wildman–Crippen LogP) is 13.3. The molecule has 2 aliphatic heterocycles. The normalized spacial score (nSPS) is 26.5. The maximum absolute atomic E-state index is 11.9. The highest BCUT2D eigenvalue weighted by Crippen LogP contribution is 2.48. The van der Waals surface area contributed by atoms with Gasteiger partial charge in [0.25, 0.3) is 0 Å². The molecule has 13 atom stereocenters. The summed E-state index contributed by atoms with van der Waals surface area (Å²) < 4.78 is 31.2. The van der Waals surface area contributed by atoms with Crippen molar-refractivity contribution in [2.24, 2.45) is 35.5 Å². The van der Waals surface area contributed by atoms with Crippen LogP contribution in [0.3, 0.4) is 0 Å². The average molecular weight is 1060 g/mol. The van der Waals surface area contributed by atoms with Gasteiger partial charge < -0.3 is 33.2 Å². The van der Waals surface area contributed by atoms with Crippen molar-refractivity contribution in [2.75, 3.05) is 0 Å². The fourth-order valence-electron chi connectivity index (χ4n) is 10.6. The number of carbonyl (C=O) groups is 1. The smallest absolute Gasteiger partial charge is 0.336 e. The van der Waals surface area contributed by atoms with Crippen LogP contribution in [0.15, 0.2) is 60.7 Å². The van der Waals surface area contributed by atoms with Crippen molar-refractivity contribution >= 4 is 62.4 Å². The first-order chi connectivity index (χ1) is 32.7. The molecule has 4 fully saturated rings. The SMILES string of the molecule is CC(C)(C)[Si](C)(C)O[C@@H](CCc1ccccc1)CC[C@@H]1[C@H]2CC(=O)O[C@H]2C[C@H]1OB(P)P.CC(C)(C)[Si](C)(C)O[C@@H](CCc1ccccc1)CC[C@@H]1[C@H]2CC(O)O[C@H]2C[C@H]1O.CC(C)[CH2][AlH][CH2]C(C)C. The van der Waals surface area contributed by atoms with Gasteiger partial charge in [0, 0.05) is 43.5 Å². The van der Waals surface area contributed by atoms with Crippen molar-refractivity contribution in [2.45, 2.75) is 236 Å². The predicted molar refractivity (Wildman–Crippen MR) is 308 cm³/mol. The van der Waals surface area contributed by atoms with Gasteiger partial charge in [-0.05, 0) is 117 Å². The Morgan fingerprint density at radius 2 is 1.16 bits per heavy atom. The molecular formula is C56H100AlBO8P2Si2. The zero-order valence-electron chi connectivity index (χ0n) is 46.5. The van der Waals surface area contributed by atoms with Crippen LogP contribution in [0.4, 0.5) is 0 Å². The number of aryl methyl sites for hydroxylation is 2. The third-order valence-corrected chi connectivity index (χ3v) is 29.2. The van der Waals surface area contributed by atoms with Gasteiger partial charge in [-0.15, -0.1) is 18.2 Å². The average Bonchev–Trinajstić information content (AvgIpc) is 3.97. The molecular weight excluding hydrogens is 957 g/mol. The monoisotopic (exact) mass is 1060 g/mol. The van der Waals surface area contributed by atoms with E-state index in [1.165, 1.54) is 21.7 Å². The fraction of sp³-hybridized carbons (Fsp3) is 0.768. The molecule has 0 radical (unpaired) electrons. The molecule has 2 N–H and O–H groups in total. The molecule has 2 heterocycles. The molecule has 2 saturated heterocycles. The molecule has 0 aromatic heterocycles. The van der Waals surface area contributed by atoms with Gasteiger partial charge in [0.15, 0.2) is 22.9 Å². The molecule has 0 amide bonds. The Labute approximate surface area is 441 Å². The highest BCUT2D eigenvalue weighted by Gasteiger charge is 2.51. The van der Waals surface area contributed by atoms with E-state index >= 15 is 0 Å². The van der Waals surface area contributed by atoms with Gasteiger partial charge in [0.1, 0.15) is 6.10 Å². The third-order valence-electron chi connectivity index (χ3n) is 16.7. The maximum Gasteiger partial charge on any atom is 0.336 e. The summed E-state index contributed by atoms with van der Waals surface area (Å²) in [6.45, 7) is 32.4. The summed E-state index contributed by atoms with van der Waals surface area (Å²) in [4.78, 5) is 11.9. The van der Waals surface area contributed by atoms with Gasteiger partial charge in [0.05, 0.1) is 18.6 Å². The maximum atomic E-state index is 11.9. The number of carbonyl (C=O) groups excluding carboxylic acids is 1. The summed E-state index contributed by atoms with van der Waals surface area (Å²) in [6.07, 6.45) is 10.3. The lowest BCUT2D eigenvalue weighted by molar-refractivity contribution is -0.141. The van der Waals surface area contributed by atoms with Gasteiger partial charge in [-0.3, -0.25) is 4.79 Å². The second-order valence-corrected chi connectivity index (χ2v) is 38.8. The van der Waals surface area contributed by atoms with Gasteiger partial charge in [-0.25, -0.2) is 0 Å². The number of benzene rings is 2. The number of hydrogen-bond acceptors (Lipinski definition) is 8. The van der Waals surface area contributed by atoms with E-state index in [0.717, 1.165) is 69.6 Å². The first-order valence-corrected chi connectivity index (χ1v) is 36.6. The number of esters is 1. The topological polar surface area (TPSA) is 104 Å². The Morgan fingerprint density at radius 3 is 1.60 bits per heavy atom. The van der Waals surface area contributed by atoms with Crippen molar-refractivity contribution in [3.05, 3.63) is 71.8 Å². The van der Waals surface area contributed by atoms with E-state index in [2.05, 4.69) is 174 Å². The fourth-order valence-corrected chi connectivity index (χ4v) is 15.7. The van der Waals surface area contributed by atoms with Crippen LogP contribution in [0.2, 0.25) is 46.8 Å². The zero-order valence-corrected chi connectivity index (χ0v) is 52.2. The van der Waals surface area contributed by atoms with E-state index in [-0.39, 0.29) is 76.8 Å². The molecule has 6 rings (SSSR count). The van der Waals surface area contributed by atoms with Crippen LogP contribution in [0.5, 0.6) is 0 Å². The summed E-state index contributed by atoms with van der Waals surface area (Å²) in [5, 5.41) is 23.9. The molecule has 0 bridgehead atoms. The van der Waals surface area contributed by atoms with Crippen LogP contribution in [0, 0.1) is 35.5 Å². The van der Waals surface area contributed by atoms with E-state index in [1.807, 2.05) is 0 Å². The summed E-state index contributed by atoms with van der Waals surface area (Å²) in [5.74, 6) is 2.98. The number of fused-ring (bicyclic) bond motifs is 2. The summed E-state index contributed by atoms with van der Waals surface area (Å²) in [5.41, 5.74) is 2.71. The summed E-state index contributed by atoms with van der Waals surface area (Å²) in [6, 6.07) is 21.3. The molecule has 3 unspecified atom stereocenters. The van der Waals surface area contributed by atoms with E-state index < -0.39 is 22.9 Å². The highest BCUT2D eigenvalue weighted by atomic mass is 31.1. The molecule has 2 aliphatic carbocycles. The van der Waals surface area contributed by atoms with Crippen molar-refractivity contribution in [1.29, 1.82) is 0 Å². The molecule has 2 saturated carbocycles. The first-order valence-electron chi connectivity index (χ1n) is 27.5. The van der Waals surface area contributed by atoms with Crippen molar-refractivity contribution < 1.29 is 38.0 Å².